The molecular formula is C12H20N4O4S. The van der Waals surface area contributed by atoms with Crippen LogP contribution in [0.15, 0.2) is 23.1 Å². The van der Waals surface area contributed by atoms with Crippen molar-refractivity contribution in [3.05, 3.63) is 28.3 Å². The van der Waals surface area contributed by atoms with Crippen LogP contribution in [-0.4, -0.2) is 19.4 Å². The van der Waals surface area contributed by atoms with Crippen molar-refractivity contribution in [3.63, 3.8) is 0 Å². The molecule has 1 atom stereocenters. The first kappa shape index (κ1) is 17.3. The van der Waals surface area contributed by atoms with Crippen LogP contribution in [0, 0.1) is 15.5 Å². The lowest BCUT2D eigenvalue weighted by atomic mass is 9.89. The molecule has 0 radical (unpaired) electrons. The number of hydrazine groups is 1. The number of nitrogens with one attached hydrogen (secondary N) is 2. The van der Waals surface area contributed by atoms with Gasteiger partial charge in [-0.1, -0.05) is 20.8 Å². The summed E-state index contributed by atoms with van der Waals surface area (Å²) in [6.07, 6.45) is 0. The molecule has 0 fully saturated rings. The summed E-state index contributed by atoms with van der Waals surface area (Å²) >= 11 is 0. The highest BCUT2D eigenvalue weighted by Gasteiger charge is 2.30. The number of anilines is 1. The van der Waals surface area contributed by atoms with Gasteiger partial charge in [0, 0.05) is 12.1 Å². The standard InChI is InChI=1S/C12H20N4O4S/c1-8(12(2,3)4)15-21(19,20)11-6-5-9(14-13)7-10(11)16(17)18/h5-8,14-15H,13H2,1-4H3. The van der Waals surface area contributed by atoms with E-state index in [0.29, 0.717) is 0 Å². The minimum atomic E-state index is -4.00. The van der Waals surface area contributed by atoms with Gasteiger partial charge in [-0.05, 0) is 24.5 Å². The Morgan fingerprint density at radius 2 is 1.90 bits per heavy atom. The van der Waals surface area contributed by atoms with Crippen LogP contribution in [0.4, 0.5) is 11.4 Å². The van der Waals surface area contributed by atoms with Crippen molar-refractivity contribution in [1.82, 2.24) is 4.72 Å². The number of benzene rings is 1. The predicted molar refractivity (Wildman–Crippen MR) is 80.1 cm³/mol. The highest BCUT2D eigenvalue weighted by atomic mass is 32.2. The van der Waals surface area contributed by atoms with Gasteiger partial charge in [-0.2, -0.15) is 0 Å². The second kappa shape index (κ2) is 5.96. The summed E-state index contributed by atoms with van der Waals surface area (Å²) in [5, 5.41) is 11.1. The summed E-state index contributed by atoms with van der Waals surface area (Å²) in [5.41, 5.74) is 1.65. The molecule has 21 heavy (non-hydrogen) atoms. The molecule has 118 valence electrons. The van der Waals surface area contributed by atoms with Crippen LogP contribution in [0.1, 0.15) is 27.7 Å². The fourth-order valence-electron chi connectivity index (χ4n) is 1.45. The molecular weight excluding hydrogens is 296 g/mol. The number of nitro groups is 1. The molecule has 0 bridgehead atoms. The van der Waals surface area contributed by atoms with Crippen LogP contribution in [-0.2, 0) is 10.0 Å². The molecule has 0 aliphatic heterocycles. The van der Waals surface area contributed by atoms with Crippen molar-refractivity contribution in [2.75, 3.05) is 5.43 Å². The van der Waals surface area contributed by atoms with Gasteiger partial charge in [0.2, 0.25) is 10.0 Å². The molecule has 1 rings (SSSR count). The number of hydrogen-bond donors (Lipinski definition) is 3. The van der Waals surface area contributed by atoms with Crippen molar-refractivity contribution >= 4 is 21.4 Å². The molecule has 0 saturated carbocycles. The van der Waals surface area contributed by atoms with Gasteiger partial charge in [0.25, 0.3) is 5.69 Å². The van der Waals surface area contributed by atoms with E-state index in [4.69, 9.17) is 5.84 Å². The predicted octanol–water partition coefficient (Wildman–Crippen LogP) is 1.59. The smallest absolute Gasteiger partial charge is 0.291 e. The van der Waals surface area contributed by atoms with Crippen LogP contribution in [0.2, 0.25) is 0 Å². The Labute approximate surface area is 123 Å². The van der Waals surface area contributed by atoms with E-state index in [0.717, 1.165) is 12.1 Å². The number of nitrogens with zero attached hydrogens (tertiary/aromatic N) is 1. The number of rotatable bonds is 5. The number of sulfonamides is 1. The molecule has 0 amide bonds. The molecule has 8 nitrogen and oxygen atoms in total. The van der Waals surface area contributed by atoms with Gasteiger partial charge in [0.05, 0.1) is 10.6 Å². The molecule has 1 aromatic rings. The maximum Gasteiger partial charge on any atom is 0.291 e. The first-order valence-corrected chi connectivity index (χ1v) is 7.74. The van der Waals surface area contributed by atoms with Gasteiger partial charge in [-0.15, -0.1) is 0 Å². The van der Waals surface area contributed by atoms with Crippen LogP contribution in [0.3, 0.4) is 0 Å². The Hall–Kier alpha value is -1.71. The molecule has 0 aromatic heterocycles. The van der Waals surface area contributed by atoms with E-state index in [1.807, 2.05) is 20.8 Å². The van der Waals surface area contributed by atoms with E-state index in [9.17, 15) is 18.5 Å². The number of nitrogens with two attached hydrogens (primary N) is 1. The molecule has 0 heterocycles. The van der Waals surface area contributed by atoms with E-state index in [1.165, 1.54) is 6.07 Å². The van der Waals surface area contributed by atoms with E-state index in [2.05, 4.69) is 10.1 Å². The second-order valence-corrected chi connectivity index (χ2v) is 7.48. The van der Waals surface area contributed by atoms with Crippen molar-refractivity contribution < 1.29 is 13.3 Å². The van der Waals surface area contributed by atoms with E-state index >= 15 is 0 Å². The highest BCUT2D eigenvalue weighted by Crippen LogP contribution is 2.28. The fraction of sp³-hybridized carbons (Fsp3) is 0.500. The third-order valence-electron chi connectivity index (χ3n) is 3.24. The van der Waals surface area contributed by atoms with Crippen LogP contribution >= 0.6 is 0 Å². The van der Waals surface area contributed by atoms with Gasteiger partial charge in [-0.25, -0.2) is 13.1 Å². The van der Waals surface area contributed by atoms with Crippen LogP contribution < -0.4 is 16.0 Å². The van der Waals surface area contributed by atoms with Crippen LogP contribution in [0.5, 0.6) is 0 Å². The summed E-state index contributed by atoms with van der Waals surface area (Å²) in [7, 11) is -4.00. The van der Waals surface area contributed by atoms with Crippen molar-refractivity contribution in [3.8, 4) is 0 Å². The number of nitrogen functional groups attached to an aromatic ring is 1. The Kier molecular flexibility index (Phi) is 4.92. The molecule has 1 aromatic carbocycles. The van der Waals surface area contributed by atoms with E-state index in [1.54, 1.807) is 6.92 Å². The number of hydrogen-bond acceptors (Lipinski definition) is 6. The first-order valence-electron chi connectivity index (χ1n) is 6.26. The average molecular weight is 316 g/mol. The Balaban J connectivity index is 3.29. The molecule has 0 aliphatic rings. The minimum absolute atomic E-state index is 0.254. The average Bonchev–Trinajstić information content (AvgIpc) is 2.36. The SMILES string of the molecule is CC(NS(=O)(=O)c1ccc(NN)cc1[N+](=O)[O-])C(C)(C)C. The third-order valence-corrected chi connectivity index (χ3v) is 4.83. The zero-order valence-corrected chi connectivity index (χ0v) is 13.2. The third kappa shape index (κ3) is 4.13. The summed E-state index contributed by atoms with van der Waals surface area (Å²) in [6.45, 7) is 7.32. The molecule has 4 N–H and O–H groups in total. The fourth-order valence-corrected chi connectivity index (χ4v) is 3.05. The summed E-state index contributed by atoms with van der Waals surface area (Å²) in [4.78, 5) is 9.92. The monoisotopic (exact) mass is 316 g/mol. The maximum absolute atomic E-state index is 12.3. The molecule has 0 saturated heterocycles. The van der Waals surface area contributed by atoms with E-state index in [-0.39, 0.29) is 16.0 Å². The molecule has 0 aliphatic carbocycles. The van der Waals surface area contributed by atoms with Gasteiger partial charge >= 0.3 is 0 Å². The van der Waals surface area contributed by atoms with Crippen molar-refractivity contribution in [1.29, 1.82) is 0 Å². The molecule has 0 spiro atoms. The maximum atomic E-state index is 12.3. The topological polar surface area (TPSA) is 127 Å². The summed E-state index contributed by atoms with van der Waals surface area (Å²) in [5.74, 6) is 5.18. The Morgan fingerprint density at radius 1 is 1.33 bits per heavy atom. The lowest BCUT2D eigenvalue weighted by molar-refractivity contribution is -0.387. The first-order chi connectivity index (χ1) is 9.49. The Morgan fingerprint density at radius 3 is 2.33 bits per heavy atom. The number of nitro benzene ring substituents is 1. The Bertz CT molecular complexity index is 637. The van der Waals surface area contributed by atoms with Crippen LogP contribution in [0.25, 0.3) is 0 Å². The lowest BCUT2D eigenvalue weighted by Crippen LogP contribution is -2.41. The summed E-state index contributed by atoms with van der Waals surface area (Å²) in [6, 6.07) is 3.21. The summed E-state index contributed by atoms with van der Waals surface area (Å²) < 4.78 is 27.2. The zero-order chi connectivity index (χ0) is 16.4. The zero-order valence-electron chi connectivity index (χ0n) is 12.4. The van der Waals surface area contributed by atoms with Gasteiger partial charge in [0.1, 0.15) is 0 Å². The lowest BCUT2D eigenvalue weighted by Gasteiger charge is -2.27. The van der Waals surface area contributed by atoms with E-state index < -0.39 is 26.7 Å². The highest BCUT2D eigenvalue weighted by molar-refractivity contribution is 7.89. The quantitative estimate of drug-likeness (QED) is 0.430. The second-order valence-electron chi connectivity index (χ2n) is 5.79. The molecule has 9 heteroatoms. The van der Waals surface area contributed by atoms with Gasteiger partial charge < -0.3 is 5.43 Å². The normalized spacial score (nSPS) is 13.8. The minimum Gasteiger partial charge on any atom is -0.324 e. The molecule has 1 unspecified atom stereocenters. The van der Waals surface area contributed by atoms with Gasteiger partial charge in [-0.3, -0.25) is 16.0 Å². The van der Waals surface area contributed by atoms with Gasteiger partial charge in [0.15, 0.2) is 4.90 Å². The largest absolute Gasteiger partial charge is 0.324 e. The van der Waals surface area contributed by atoms with Crippen molar-refractivity contribution in [2.45, 2.75) is 38.6 Å². The van der Waals surface area contributed by atoms with Crippen molar-refractivity contribution in [2.24, 2.45) is 11.3 Å².